The molecule has 0 aliphatic heterocycles. The molecule has 0 bridgehead atoms. The Morgan fingerprint density at radius 1 is 1.08 bits per heavy atom. The van der Waals surface area contributed by atoms with Gasteiger partial charge >= 0.3 is 0 Å². The summed E-state index contributed by atoms with van der Waals surface area (Å²) in [7, 11) is 1.59. The molecule has 124 valence electrons. The van der Waals surface area contributed by atoms with E-state index < -0.39 is 0 Å². The highest BCUT2D eigenvalue weighted by Gasteiger charge is 2.19. The number of hydrogen-bond acceptors (Lipinski definition) is 3. The number of halogens is 1. The van der Waals surface area contributed by atoms with Gasteiger partial charge in [-0.3, -0.25) is 4.79 Å². The zero-order chi connectivity index (χ0) is 17.4. The summed E-state index contributed by atoms with van der Waals surface area (Å²) in [5.74, 6) is 0.467. The largest absolute Gasteiger partial charge is 0.497 e. The zero-order valence-corrected chi connectivity index (χ0v) is 14.9. The lowest BCUT2D eigenvalue weighted by atomic mass is 10.1. The maximum atomic E-state index is 12.7. The number of carbonyl (C=O) groups is 1. The molecule has 0 fully saturated rings. The van der Waals surface area contributed by atoms with E-state index in [-0.39, 0.29) is 5.91 Å². The predicted octanol–water partition coefficient (Wildman–Crippen LogP) is 5.97. The Hall–Kier alpha value is -2.56. The predicted molar refractivity (Wildman–Crippen MR) is 105 cm³/mol. The van der Waals surface area contributed by atoms with Crippen LogP contribution in [0.25, 0.3) is 20.9 Å². The molecule has 1 amide bonds. The van der Waals surface area contributed by atoms with E-state index in [1.54, 1.807) is 13.2 Å². The fourth-order valence-electron chi connectivity index (χ4n) is 2.87. The summed E-state index contributed by atoms with van der Waals surface area (Å²) in [6.07, 6.45) is 0. The van der Waals surface area contributed by atoms with Gasteiger partial charge in [0.25, 0.3) is 5.91 Å². The third-order valence-electron chi connectivity index (χ3n) is 4.06. The quantitative estimate of drug-likeness (QED) is 0.484. The van der Waals surface area contributed by atoms with Crippen molar-refractivity contribution >= 4 is 55.4 Å². The van der Waals surface area contributed by atoms with Crippen LogP contribution >= 0.6 is 22.9 Å². The lowest BCUT2D eigenvalue weighted by molar-refractivity contribution is 0.103. The number of amides is 1. The van der Waals surface area contributed by atoms with Crippen molar-refractivity contribution in [2.45, 2.75) is 0 Å². The van der Waals surface area contributed by atoms with E-state index >= 15 is 0 Å². The van der Waals surface area contributed by atoms with Gasteiger partial charge in [-0.2, -0.15) is 0 Å². The SMILES string of the molecule is COc1cccc(NC(=O)c2sc3ccc4ccccc4c3c2Cl)c1. The number of thiophene rings is 1. The first-order valence-corrected chi connectivity index (χ1v) is 8.92. The van der Waals surface area contributed by atoms with Gasteiger partial charge in [0.05, 0.1) is 12.1 Å². The van der Waals surface area contributed by atoms with Crippen molar-refractivity contribution in [1.29, 1.82) is 0 Å². The molecular weight excluding hydrogens is 354 g/mol. The van der Waals surface area contributed by atoms with Gasteiger partial charge in [-0.25, -0.2) is 0 Å². The summed E-state index contributed by atoms with van der Waals surface area (Å²) in [6.45, 7) is 0. The normalized spacial score (nSPS) is 11.0. The van der Waals surface area contributed by atoms with Crippen LogP contribution < -0.4 is 10.1 Å². The molecule has 1 heterocycles. The molecule has 0 aliphatic rings. The van der Waals surface area contributed by atoms with Crippen molar-refractivity contribution in [3.8, 4) is 5.75 Å². The van der Waals surface area contributed by atoms with Crippen molar-refractivity contribution in [2.75, 3.05) is 12.4 Å². The summed E-state index contributed by atoms with van der Waals surface area (Å²) in [6, 6.07) is 19.3. The zero-order valence-electron chi connectivity index (χ0n) is 13.4. The van der Waals surface area contributed by atoms with E-state index in [1.807, 2.05) is 54.6 Å². The highest BCUT2D eigenvalue weighted by Crippen LogP contribution is 2.40. The van der Waals surface area contributed by atoms with Gasteiger partial charge in [-0.05, 0) is 29.0 Å². The first-order chi connectivity index (χ1) is 12.2. The third kappa shape index (κ3) is 2.84. The van der Waals surface area contributed by atoms with E-state index in [4.69, 9.17) is 16.3 Å². The van der Waals surface area contributed by atoms with Crippen LogP contribution in [0.15, 0.2) is 60.7 Å². The van der Waals surface area contributed by atoms with Crippen LogP contribution in [-0.4, -0.2) is 13.0 Å². The molecule has 0 radical (unpaired) electrons. The van der Waals surface area contributed by atoms with Gasteiger partial charge in [0.2, 0.25) is 0 Å². The summed E-state index contributed by atoms with van der Waals surface area (Å²) >= 11 is 7.98. The second kappa shape index (κ2) is 6.39. The lowest BCUT2D eigenvalue weighted by Crippen LogP contribution is -2.10. The van der Waals surface area contributed by atoms with E-state index in [0.717, 1.165) is 20.9 Å². The van der Waals surface area contributed by atoms with E-state index in [2.05, 4.69) is 5.32 Å². The van der Waals surface area contributed by atoms with Crippen LogP contribution in [0.2, 0.25) is 5.02 Å². The molecule has 0 unspecified atom stereocenters. The van der Waals surface area contributed by atoms with Crippen LogP contribution in [0.4, 0.5) is 5.69 Å². The molecule has 4 aromatic rings. The number of benzene rings is 3. The average Bonchev–Trinajstić information content (AvgIpc) is 2.99. The van der Waals surface area contributed by atoms with Crippen LogP contribution in [0.3, 0.4) is 0 Å². The Bertz CT molecular complexity index is 1100. The minimum Gasteiger partial charge on any atom is -0.497 e. The molecule has 1 aromatic heterocycles. The van der Waals surface area contributed by atoms with Gasteiger partial charge in [-0.1, -0.05) is 48.0 Å². The highest BCUT2D eigenvalue weighted by atomic mass is 35.5. The van der Waals surface area contributed by atoms with Crippen molar-refractivity contribution in [3.63, 3.8) is 0 Å². The van der Waals surface area contributed by atoms with Gasteiger partial charge in [0.15, 0.2) is 0 Å². The molecular formula is C20H14ClNO2S. The topological polar surface area (TPSA) is 38.3 Å². The standard InChI is InChI=1S/C20H14ClNO2S/c1-24-14-7-4-6-13(11-14)22-20(23)19-18(21)17-15-8-3-2-5-12(15)9-10-16(17)25-19/h2-11H,1H3,(H,22,23). The van der Waals surface area contributed by atoms with Gasteiger partial charge < -0.3 is 10.1 Å². The number of fused-ring (bicyclic) bond motifs is 3. The highest BCUT2D eigenvalue weighted by molar-refractivity contribution is 7.22. The minimum absolute atomic E-state index is 0.219. The first-order valence-electron chi connectivity index (χ1n) is 7.72. The van der Waals surface area contributed by atoms with Crippen molar-refractivity contribution < 1.29 is 9.53 Å². The molecule has 3 nitrogen and oxygen atoms in total. The monoisotopic (exact) mass is 367 g/mol. The molecule has 0 atom stereocenters. The number of ether oxygens (including phenoxy) is 1. The summed E-state index contributed by atoms with van der Waals surface area (Å²) in [5.41, 5.74) is 0.669. The molecule has 3 aromatic carbocycles. The molecule has 0 spiro atoms. The number of carbonyl (C=O) groups excluding carboxylic acids is 1. The minimum atomic E-state index is -0.219. The fourth-order valence-corrected chi connectivity index (χ4v) is 4.33. The molecule has 0 aliphatic carbocycles. The number of anilines is 1. The Morgan fingerprint density at radius 3 is 2.76 bits per heavy atom. The Labute approximate surface area is 153 Å². The average molecular weight is 368 g/mol. The summed E-state index contributed by atoms with van der Waals surface area (Å²) in [5, 5.41) is 6.48. The maximum Gasteiger partial charge on any atom is 0.267 e. The summed E-state index contributed by atoms with van der Waals surface area (Å²) in [4.78, 5) is 13.2. The van der Waals surface area contributed by atoms with Crippen molar-refractivity contribution in [2.24, 2.45) is 0 Å². The molecule has 0 saturated heterocycles. The Kier molecular flexibility index (Phi) is 4.07. The van der Waals surface area contributed by atoms with Gasteiger partial charge in [0, 0.05) is 21.8 Å². The van der Waals surface area contributed by atoms with Crippen LogP contribution in [0.5, 0.6) is 5.75 Å². The first kappa shape index (κ1) is 15.9. The Balaban J connectivity index is 1.77. The second-order valence-electron chi connectivity index (χ2n) is 5.59. The second-order valence-corrected chi connectivity index (χ2v) is 7.02. The molecule has 4 rings (SSSR count). The molecule has 0 saturated carbocycles. The van der Waals surface area contributed by atoms with Crippen molar-refractivity contribution in [3.05, 3.63) is 70.6 Å². The van der Waals surface area contributed by atoms with E-state index in [9.17, 15) is 4.79 Å². The molecule has 1 N–H and O–H groups in total. The smallest absolute Gasteiger partial charge is 0.267 e. The van der Waals surface area contributed by atoms with Crippen LogP contribution in [-0.2, 0) is 0 Å². The number of methoxy groups -OCH3 is 1. The van der Waals surface area contributed by atoms with Gasteiger partial charge in [-0.15, -0.1) is 11.3 Å². The number of hydrogen-bond donors (Lipinski definition) is 1. The fraction of sp³-hybridized carbons (Fsp3) is 0.0500. The number of rotatable bonds is 3. The third-order valence-corrected chi connectivity index (χ3v) is 5.70. The lowest BCUT2D eigenvalue weighted by Gasteiger charge is -2.06. The van der Waals surface area contributed by atoms with Crippen LogP contribution in [0, 0.1) is 0 Å². The van der Waals surface area contributed by atoms with Crippen molar-refractivity contribution in [1.82, 2.24) is 0 Å². The van der Waals surface area contributed by atoms with Crippen LogP contribution in [0.1, 0.15) is 9.67 Å². The maximum absolute atomic E-state index is 12.7. The molecule has 5 heteroatoms. The van der Waals surface area contributed by atoms with Gasteiger partial charge in [0.1, 0.15) is 10.6 Å². The summed E-state index contributed by atoms with van der Waals surface area (Å²) < 4.78 is 6.19. The number of nitrogens with one attached hydrogen (secondary N) is 1. The van der Waals surface area contributed by atoms with E-state index in [0.29, 0.717) is 21.3 Å². The van der Waals surface area contributed by atoms with E-state index in [1.165, 1.54) is 11.3 Å². The Morgan fingerprint density at radius 2 is 1.92 bits per heavy atom. The molecule has 25 heavy (non-hydrogen) atoms.